The molecule has 4 N–H and O–H groups in total. The number of carbonyl (C=O) groups is 4. The van der Waals surface area contributed by atoms with Crippen LogP contribution in [-0.4, -0.2) is 43.8 Å². The maximum absolute atomic E-state index is 12.6. The molecule has 0 unspecified atom stereocenters. The molecule has 4 rings (SSSR count). The van der Waals surface area contributed by atoms with E-state index >= 15 is 0 Å². The average Bonchev–Trinajstić information content (AvgIpc) is 2.97. The maximum Gasteiger partial charge on any atom is 0.337 e. The van der Waals surface area contributed by atoms with Crippen molar-refractivity contribution in [2.24, 2.45) is 0 Å². The number of benzene rings is 4. The van der Waals surface area contributed by atoms with Gasteiger partial charge >= 0.3 is 11.9 Å². The van der Waals surface area contributed by atoms with Gasteiger partial charge in [0.25, 0.3) is 23.2 Å². The molecule has 0 aliphatic carbocycles. The summed E-state index contributed by atoms with van der Waals surface area (Å²) in [6.45, 7) is 0. The van der Waals surface area contributed by atoms with Gasteiger partial charge in [0.05, 0.1) is 32.3 Å². The van der Waals surface area contributed by atoms with Gasteiger partial charge in [-0.2, -0.15) is 0 Å². The van der Waals surface area contributed by atoms with E-state index in [0.29, 0.717) is 0 Å². The molecule has 0 aliphatic heterocycles. The normalized spacial score (nSPS) is 10.4. The van der Waals surface area contributed by atoms with Gasteiger partial charge < -0.3 is 20.8 Å². The summed E-state index contributed by atoms with van der Waals surface area (Å²) in [5, 5.41) is 46.1. The number of hydrogen-bond donors (Lipinski definition) is 4. The van der Waals surface area contributed by atoms with Crippen LogP contribution in [0.3, 0.4) is 0 Å². The first-order valence-corrected chi connectivity index (χ1v) is 11.8. The van der Waals surface area contributed by atoms with Gasteiger partial charge in [0.1, 0.15) is 0 Å². The Balaban J connectivity index is 1.59. The molecule has 0 saturated carbocycles. The predicted octanol–water partition coefficient (Wildman–Crippen LogP) is 5.07. The van der Waals surface area contributed by atoms with Crippen molar-refractivity contribution in [2.75, 3.05) is 10.6 Å². The number of nitro benzene ring substituents is 2. The molecule has 0 radical (unpaired) electrons. The monoisotopic (exact) mass is 570 g/mol. The number of rotatable bonds is 9. The highest BCUT2D eigenvalue weighted by Crippen LogP contribution is 2.30. The van der Waals surface area contributed by atoms with Crippen LogP contribution in [0.15, 0.2) is 84.9 Å². The minimum Gasteiger partial charge on any atom is -0.478 e. The van der Waals surface area contributed by atoms with Crippen molar-refractivity contribution in [1.29, 1.82) is 0 Å². The lowest BCUT2D eigenvalue weighted by molar-refractivity contribution is -0.385. The fraction of sp³-hybridized carbons (Fsp3) is 0. The minimum absolute atomic E-state index is 0.0541. The van der Waals surface area contributed by atoms with E-state index < -0.39 is 33.6 Å². The number of nitrogens with zero attached hydrogens (tertiary/aromatic N) is 2. The molecule has 4 aromatic rings. The molecule has 14 nitrogen and oxygen atoms in total. The summed E-state index contributed by atoms with van der Waals surface area (Å²) in [7, 11) is 0. The zero-order chi connectivity index (χ0) is 30.6. The first-order chi connectivity index (χ1) is 19.9. The first-order valence-electron chi connectivity index (χ1n) is 11.8. The highest BCUT2D eigenvalue weighted by molar-refractivity contribution is 6.09. The van der Waals surface area contributed by atoms with E-state index in [0.717, 1.165) is 24.3 Å². The largest absolute Gasteiger partial charge is 0.478 e. The lowest BCUT2D eigenvalue weighted by atomic mass is 9.98. The Hall–Kier alpha value is -6.44. The summed E-state index contributed by atoms with van der Waals surface area (Å²) < 4.78 is 0. The van der Waals surface area contributed by atoms with Crippen LogP contribution in [-0.2, 0) is 0 Å². The van der Waals surface area contributed by atoms with E-state index in [4.69, 9.17) is 0 Å². The Kier molecular flexibility index (Phi) is 7.99. The van der Waals surface area contributed by atoms with E-state index in [1.807, 2.05) is 0 Å². The van der Waals surface area contributed by atoms with Gasteiger partial charge in [-0.15, -0.1) is 0 Å². The Morgan fingerprint density at radius 1 is 0.548 bits per heavy atom. The van der Waals surface area contributed by atoms with Gasteiger partial charge in [-0.3, -0.25) is 29.8 Å². The van der Waals surface area contributed by atoms with Gasteiger partial charge in [0.15, 0.2) is 0 Å². The van der Waals surface area contributed by atoms with Gasteiger partial charge in [0, 0.05) is 35.4 Å². The zero-order valence-corrected chi connectivity index (χ0v) is 21.1. The topological polar surface area (TPSA) is 219 Å². The molecule has 0 heterocycles. The first kappa shape index (κ1) is 28.6. The number of nitrogens with one attached hydrogen (secondary N) is 2. The number of nitro groups is 2. The van der Waals surface area contributed by atoms with Gasteiger partial charge in [-0.05, 0) is 59.7 Å². The van der Waals surface area contributed by atoms with Crippen LogP contribution in [0.1, 0.15) is 41.4 Å². The van der Waals surface area contributed by atoms with Gasteiger partial charge in [0.2, 0.25) is 0 Å². The molecule has 0 bridgehead atoms. The average molecular weight is 570 g/mol. The molecule has 2 amide bonds. The molecule has 4 aromatic carbocycles. The molecule has 0 aromatic heterocycles. The second-order valence-corrected chi connectivity index (χ2v) is 8.65. The quantitative estimate of drug-likeness (QED) is 0.154. The van der Waals surface area contributed by atoms with Crippen molar-refractivity contribution in [3.8, 4) is 11.1 Å². The lowest BCUT2D eigenvalue weighted by Crippen LogP contribution is -2.15. The molecule has 0 fully saturated rings. The second-order valence-electron chi connectivity index (χ2n) is 8.65. The van der Waals surface area contributed by atoms with Crippen LogP contribution in [0.5, 0.6) is 0 Å². The van der Waals surface area contributed by atoms with Crippen LogP contribution < -0.4 is 10.6 Å². The summed E-state index contributed by atoms with van der Waals surface area (Å²) in [4.78, 5) is 69.6. The van der Waals surface area contributed by atoms with Crippen LogP contribution in [0, 0.1) is 20.2 Å². The SMILES string of the molecule is O=C(Nc1ccc(-c2ccc(NC(=O)c3ccc([N+](=O)[O-])cc3)c(C(=O)O)c2)cc1C(=O)O)c1ccc([N+](=O)[O-])cc1. The Labute approximate surface area is 235 Å². The number of non-ortho nitro benzene ring substituents is 2. The van der Waals surface area contributed by atoms with E-state index in [2.05, 4.69) is 10.6 Å². The second kappa shape index (κ2) is 11.7. The number of carboxylic acids is 2. The van der Waals surface area contributed by atoms with Crippen LogP contribution in [0.25, 0.3) is 11.1 Å². The summed E-state index contributed by atoms with van der Waals surface area (Å²) in [6, 6.07) is 17.4. The number of carboxylic acid groups (broad SMARTS) is 2. The Bertz CT molecular complexity index is 1640. The maximum atomic E-state index is 12.6. The van der Waals surface area contributed by atoms with Crippen molar-refractivity contribution >= 4 is 46.5 Å². The van der Waals surface area contributed by atoms with Crippen LogP contribution in [0.4, 0.5) is 22.7 Å². The van der Waals surface area contributed by atoms with Gasteiger partial charge in [-0.1, -0.05) is 12.1 Å². The smallest absolute Gasteiger partial charge is 0.337 e. The summed E-state index contributed by atoms with van der Waals surface area (Å²) in [5.74, 6) is -4.19. The molecule has 0 aliphatic rings. The van der Waals surface area contributed by atoms with E-state index in [9.17, 15) is 49.6 Å². The third kappa shape index (κ3) is 6.23. The molecule has 0 atom stereocenters. The molecular weight excluding hydrogens is 552 g/mol. The third-order valence-electron chi connectivity index (χ3n) is 6.01. The molecule has 0 saturated heterocycles. The molecular formula is C28H18N4O10. The highest BCUT2D eigenvalue weighted by Gasteiger charge is 2.19. The summed E-state index contributed by atoms with van der Waals surface area (Å²) in [5.41, 5.74) is -0.519. The van der Waals surface area contributed by atoms with Crippen molar-refractivity contribution in [3.63, 3.8) is 0 Å². The van der Waals surface area contributed by atoms with Crippen LogP contribution >= 0.6 is 0 Å². The fourth-order valence-corrected chi connectivity index (χ4v) is 3.88. The number of carbonyl (C=O) groups excluding carboxylic acids is 2. The van der Waals surface area contributed by atoms with E-state index in [-0.39, 0.29) is 56.1 Å². The third-order valence-corrected chi connectivity index (χ3v) is 6.01. The lowest BCUT2D eigenvalue weighted by Gasteiger charge is -2.13. The van der Waals surface area contributed by atoms with Crippen LogP contribution in [0.2, 0.25) is 0 Å². The van der Waals surface area contributed by atoms with Crippen molar-refractivity contribution < 1.29 is 39.2 Å². The van der Waals surface area contributed by atoms with Crippen molar-refractivity contribution in [3.05, 3.63) is 127 Å². The molecule has 0 spiro atoms. The molecule has 210 valence electrons. The number of anilines is 2. The predicted molar refractivity (Wildman–Crippen MR) is 148 cm³/mol. The number of amides is 2. The number of aromatic carboxylic acids is 2. The van der Waals surface area contributed by atoms with E-state index in [1.54, 1.807) is 0 Å². The van der Waals surface area contributed by atoms with Gasteiger partial charge in [-0.25, -0.2) is 9.59 Å². The van der Waals surface area contributed by atoms with E-state index in [1.165, 1.54) is 60.7 Å². The van der Waals surface area contributed by atoms with Crippen molar-refractivity contribution in [1.82, 2.24) is 0 Å². The summed E-state index contributed by atoms with van der Waals surface area (Å²) in [6.07, 6.45) is 0. The standard InChI is InChI=1S/C28H18N4O10/c33-25(15-1-7-19(8-2-15)31(39)40)29-23-11-5-17(13-21(23)27(35)36)18-6-12-24(22(14-18)28(37)38)30-26(34)16-3-9-20(10-4-16)32(41)42/h1-14H,(H,29,33)(H,30,34)(H,35,36)(H,37,38). The Morgan fingerprint density at radius 2 is 0.881 bits per heavy atom. The zero-order valence-electron chi connectivity index (χ0n) is 21.1. The number of hydrogen-bond acceptors (Lipinski definition) is 8. The van der Waals surface area contributed by atoms with Crippen molar-refractivity contribution in [2.45, 2.75) is 0 Å². The highest BCUT2D eigenvalue weighted by atomic mass is 16.6. The minimum atomic E-state index is -1.39. The molecule has 42 heavy (non-hydrogen) atoms. The fourth-order valence-electron chi connectivity index (χ4n) is 3.88. The molecule has 14 heteroatoms. The Morgan fingerprint density at radius 3 is 1.17 bits per heavy atom. The summed E-state index contributed by atoms with van der Waals surface area (Å²) >= 11 is 0.